The van der Waals surface area contributed by atoms with E-state index in [1.165, 1.54) is 19.3 Å². The summed E-state index contributed by atoms with van der Waals surface area (Å²) in [4.78, 5) is 17.0. The Balaban J connectivity index is 1.57. The van der Waals surface area contributed by atoms with E-state index < -0.39 is 0 Å². The van der Waals surface area contributed by atoms with Crippen LogP contribution < -0.4 is 4.74 Å². The molecular formula is C28H32N2O3. The van der Waals surface area contributed by atoms with Crippen LogP contribution in [-0.2, 0) is 16.1 Å². The SMILES string of the molecule is CCOC(=O)/C(C)=C/c1cn(C2CCCCC2)c(-c2ccc(OCc3ccccc3)cc2)n1. The number of imidazole rings is 1. The molecule has 0 N–H and O–H groups in total. The lowest BCUT2D eigenvalue weighted by Gasteiger charge is -2.24. The standard InChI is InChI=1S/C28H32N2O3/c1-3-32-28(31)21(2)18-24-19-30(25-12-8-5-9-13-25)27(29-24)23-14-16-26(17-15-23)33-20-22-10-6-4-7-11-22/h4,6-7,10-11,14-19,25H,3,5,8-9,12-13,20H2,1-2H3/b21-18+. The molecule has 1 heterocycles. The van der Waals surface area contributed by atoms with Gasteiger partial charge in [0.2, 0.25) is 0 Å². The third-order valence-electron chi connectivity index (χ3n) is 6.04. The number of esters is 1. The fourth-order valence-electron chi connectivity index (χ4n) is 4.30. The highest BCUT2D eigenvalue weighted by atomic mass is 16.5. The van der Waals surface area contributed by atoms with Crippen LogP contribution in [-0.4, -0.2) is 22.1 Å². The van der Waals surface area contributed by atoms with Gasteiger partial charge in [-0.1, -0.05) is 49.6 Å². The first-order valence-corrected chi connectivity index (χ1v) is 11.9. The largest absolute Gasteiger partial charge is 0.489 e. The van der Waals surface area contributed by atoms with Gasteiger partial charge in [-0.3, -0.25) is 0 Å². The zero-order chi connectivity index (χ0) is 23.0. The number of carbonyl (C=O) groups excluding carboxylic acids is 1. The van der Waals surface area contributed by atoms with Crippen molar-refractivity contribution in [2.75, 3.05) is 6.61 Å². The number of rotatable bonds is 8. The Hall–Kier alpha value is -3.34. The third kappa shape index (κ3) is 5.92. The second-order valence-corrected chi connectivity index (χ2v) is 8.53. The monoisotopic (exact) mass is 444 g/mol. The van der Waals surface area contributed by atoms with E-state index in [0.29, 0.717) is 24.8 Å². The average molecular weight is 445 g/mol. The summed E-state index contributed by atoms with van der Waals surface area (Å²) in [5.41, 5.74) is 3.52. The minimum Gasteiger partial charge on any atom is -0.489 e. The maximum atomic E-state index is 12.1. The molecule has 1 fully saturated rings. The minimum atomic E-state index is -0.300. The van der Waals surface area contributed by atoms with E-state index in [4.69, 9.17) is 14.5 Å². The predicted molar refractivity (Wildman–Crippen MR) is 131 cm³/mol. The van der Waals surface area contributed by atoms with Gasteiger partial charge in [0, 0.05) is 23.4 Å². The van der Waals surface area contributed by atoms with Gasteiger partial charge < -0.3 is 14.0 Å². The summed E-state index contributed by atoms with van der Waals surface area (Å²) in [5, 5.41) is 0. The van der Waals surface area contributed by atoms with Gasteiger partial charge in [0.25, 0.3) is 0 Å². The second kappa shape index (κ2) is 11.0. The Morgan fingerprint density at radius 1 is 1.06 bits per heavy atom. The van der Waals surface area contributed by atoms with Crippen molar-refractivity contribution in [1.82, 2.24) is 9.55 Å². The molecule has 172 valence electrons. The van der Waals surface area contributed by atoms with E-state index in [0.717, 1.165) is 41.2 Å². The van der Waals surface area contributed by atoms with Gasteiger partial charge in [0.1, 0.15) is 18.2 Å². The van der Waals surface area contributed by atoms with Gasteiger partial charge in [-0.2, -0.15) is 0 Å². The highest BCUT2D eigenvalue weighted by molar-refractivity contribution is 5.92. The molecule has 4 rings (SSSR count). The van der Waals surface area contributed by atoms with Crippen LogP contribution in [0.3, 0.4) is 0 Å². The van der Waals surface area contributed by atoms with Crippen LogP contribution >= 0.6 is 0 Å². The fourth-order valence-corrected chi connectivity index (χ4v) is 4.30. The molecule has 0 saturated heterocycles. The molecule has 5 nitrogen and oxygen atoms in total. The third-order valence-corrected chi connectivity index (χ3v) is 6.04. The zero-order valence-corrected chi connectivity index (χ0v) is 19.5. The number of nitrogens with zero attached hydrogens (tertiary/aromatic N) is 2. The Morgan fingerprint density at radius 2 is 1.79 bits per heavy atom. The molecule has 1 saturated carbocycles. The van der Waals surface area contributed by atoms with Crippen LogP contribution in [0, 0.1) is 0 Å². The summed E-state index contributed by atoms with van der Waals surface area (Å²) in [5.74, 6) is 1.46. The molecule has 2 aromatic carbocycles. The smallest absolute Gasteiger partial charge is 0.333 e. The second-order valence-electron chi connectivity index (χ2n) is 8.53. The van der Waals surface area contributed by atoms with Crippen molar-refractivity contribution >= 4 is 12.0 Å². The molecule has 0 aliphatic heterocycles. The van der Waals surface area contributed by atoms with Crippen LogP contribution in [0.5, 0.6) is 5.75 Å². The van der Waals surface area contributed by atoms with Crippen LogP contribution in [0.2, 0.25) is 0 Å². The number of hydrogen-bond donors (Lipinski definition) is 0. The maximum Gasteiger partial charge on any atom is 0.333 e. The summed E-state index contributed by atoms with van der Waals surface area (Å²) in [6.45, 7) is 4.49. The zero-order valence-electron chi connectivity index (χ0n) is 19.5. The predicted octanol–water partition coefficient (Wildman–Crippen LogP) is 6.60. The highest BCUT2D eigenvalue weighted by Crippen LogP contribution is 2.33. The van der Waals surface area contributed by atoms with Gasteiger partial charge >= 0.3 is 5.97 Å². The number of carbonyl (C=O) groups is 1. The lowest BCUT2D eigenvalue weighted by molar-refractivity contribution is -0.138. The van der Waals surface area contributed by atoms with Crippen molar-refractivity contribution in [3.05, 3.63) is 77.6 Å². The lowest BCUT2D eigenvalue weighted by atomic mass is 9.95. The Labute approximate surface area is 196 Å². The van der Waals surface area contributed by atoms with Crippen LogP contribution in [0.15, 0.2) is 66.4 Å². The molecule has 0 radical (unpaired) electrons. The van der Waals surface area contributed by atoms with Crippen molar-refractivity contribution in [2.45, 2.75) is 58.6 Å². The van der Waals surface area contributed by atoms with E-state index in [-0.39, 0.29) is 5.97 Å². The van der Waals surface area contributed by atoms with Crippen molar-refractivity contribution in [1.29, 1.82) is 0 Å². The molecule has 3 aromatic rings. The summed E-state index contributed by atoms with van der Waals surface area (Å²) < 4.78 is 13.4. The average Bonchev–Trinajstić information content (AvgIpc) is 3.28. The molecule has 5 heteroatoms. The fraction of sp³-hybridized carbons (Fsp3) is 0.357. The normalized spacial score (nSPS) is 14.8. The molecule has 33 heavy (non-hydrogen) atoms. The quantitative estimate of drug-likeness (QED) is 0.290. The Morgan fingerprint density at radius 3 is 2.48 bits per heavy atom. The first kappa shape index (κ1) is 22.8. The number of benzene rings is 2. The van der Waals surface area contributed by atoms with Crippen LogP contribution in [0.25, 0.3) is 17.5 Å². The Bertz CT molecular complexity index is 1080. The van der Waals surface area contributed by atoms with Crippen molar-refractivity contribution in [3.63, 3.8) is 0 Å². The summed E-state index contributed by atoms with van der Waals surface area (Å²) >= 11 is 0. The number of ether oxygens (including phenoxy) is 2. The van der Waals surface area contributed by atoms with Crippen LogP contribution in [0.4, 0.5) is 0 Å². The lowest BCUT2D eigenvalue weighted by Crippen LogP contribution is -2.13. The summed E-state index contributed by atoms with van der Waals surface area (Å²) in [6, 6.07) is 18.7. The van der Waals surface area contributed by atoms with Crippen molar-refractivity contribution in [2.24, 2.45) is 0 Å². The Kier molecular flexibility index (Phi) is 7.61. The molecule has 0 amide bonds. The molecule has 1 aromatic heterocycles. The number of aromatic nitrogens is 2. The molecule has 0 spiro atoms. The topological polar surface area (TPSA) is 53.4 Å². The molecule has 0 unspecified atom stereocenters. The molecule has 0 bridgehead atoms. The summed E-state index contributed by atoms with van der Waals surface area (Å²) in [6.07, 6.45) is 9.97. The number of hydrogen-bond acceptors (Lipinski definition) is 4. The van der Waals surface area contributed by atoms with Gasteiger partial charge in [-0.25, -0.2) is 9.78 Å². The molecule has 1 aliphatic rings. The van der Waals surface area contributed by atoms with Crippen LogP contribution in [0.1, 0.15) is 63.3 Å². The van der Waals surface area contributed by atoms with E-state index >= 15 is 0 Å². The summed E-state index contributed by atoms with van der Waals surface area (Å²) in [7, 11) is 0. The van der Waals surface area contributed by atoms with Gasteiger partial charge in [0.05, 0.1) is 12.3 Å². The molecule has 0 atom stereocenters. The van der Waals surface area contributed by atoms with E-state index in [2.05, 4.69) is 35.0 Å². The maximum absolute atomic E-state index is 12.1. The first-order valence-electron chi connectivity index (χ1n) is 11.9. The molecular weight excluding hydrogens is 412 g/mol. The minimum absolute atomic E-state index is 0.300. The highest BCUT2D eigenvalue weighted by Gasteiger charge is 2.20. The first-order chi connectivity index (χ1) is 16.1. The van der Waals surface area contributed by atoms with E-state index in [9.17, 15) is 4.79 Å². The van der Waals surface area contributed by atoms with Crippen molar-refractivity contribution in [3.8, 4) is 17.1 Å². The van der Waals surface area contributed by atoms with Crippen molar-refractivity contribution < 1.29 is 14.3 Å². The van der Waals surface area contributed by atoms with Gasteiger partial charge in [0.15, 0.2) is 0 Å². The molecule has 1 aliphatic carbocycles. The van der Waals surface area contributed by atoms with Gasteiger partial charge in [-0.15, -0.1) is 0 Å². The van der Waals surface area contributed by atoms with Gasteiger partial charge in [-0.05, 0) is 62.6 Å². The van der Waals surface area contributed by atoms with E-state index in [1.807, 2.05) is 43.3 Å². The van der Waals surface area contributed by atoms with E-state index in [1.54, 1.807) is 6.92 Å².